The lowest BCUT2D eigenvalue weighted by atomic mass is 9.95. The van der Waals surface area contributed by atoms with E-state index in [0.717, 1.165) is 29.2 Å². The SMILES string of the molecule is Cc1nc(CC(CNC(C)C)c2cccc(F)c2)sc1C. The van der Waals surface area contributed by atoms with E-state index < -0.39 is 0 Å². The van der Waals surface area contributed by atoms with Gasteiger partial charge < -0.3 is 5.32 Å². The second kappa shape index (κ2) is 7.14. The Kier molecular flexibility index (Phi) is 5.48. The van der Waals surface area contributed by atoms with Crippen LogP contribution in [0.15, 0.2) is 24.3 Å². The number of aromatic nitrogens is 1. The molecular weight excluding hydrogens is 283 g/mol. The minimum atomic E-state index is -0.173. The third-order valence-electron chi connectivity index (χ3n) is 3.59. The monoisotopic (exact) mass is 306 g/mol. The molecule has 2 aromatic rings. The van der Waals surface area contributed by atoms with Crippen molar-refractivity contribution < 1.29 is 4.39 Å². The zero-order chi connectivity index (χ0) is 15.4. The van der Waals surface area contributed by atoms with Crippen LogP contribution in [0.25, 0.3) is 0 Å². The van der Waals surface area contributed by atoms with Crippen LogP contribution in [0.3, 0.4) is 0 Å². The Labute approximate surface area is 130 Å². The molecule has 1 aromatic heterocycles. The lowest BCUT2D eigenvalue weighted by Gasteiger charge is -2.19. The van der Waals surface area contributed by atoms with Gasteiger partial charge in [-0.15, -0.1) is 11.3 Å². The average Bonchev–Trinajstić information content (AvgIpc) is 2.73. The molecule has 114 valence electrons. The molecule has 0 aliphatic rings. The third-order valence-corrected chi connectivity index (χ3v) is 4.68. The first-order chi connectivity index (χ1) is 9.95. The van der Waals surface area contributed by atoms with Crippen LogP contribution in [-0.4, -0.2) is 17.6 Å². The van der Waals surface area contributed by atoms with Gasteiger partial charge in [-0.2, -0.15) is 0 Å². The van der Waals surface area contributed by atoms with E-state index in [1.165, 1.54) is 10.9 Å². The van der Waals surface area contributed by atoms with E-state index in [0.29, 0.717) is 6.04 Å². The summed E-state index contributed by atoms with van der Waals surface area (Å²) in [5, 5.41) is 4.59. The molecule has 1 atom stereocenters. The van der Waals surface area contributed by atoms with E-state index in [-0.39, 0.29) is 11.7 Å². The number of halogens is 1. The molecule has 1 unspecified atom stereocenters. The van der Waals surface area contributed by atoms with Gasteiger partial charge in [0, 0.05) is 29.8 Å². The Balaban J connectivity index is 2.19. The van der Waals surface area contributed by atoms with Gasteiger partial charge in [-0.25, -0.2) is 9.37 Å². The summed E-state index contributed by atoms with van der Waals surface area (Å²) in [6, 6.07) is 7.34. The van der Waals surface area contributed by atoms with Crippen LogP contribution in [0.5, 0.6) is 0 Å². The van der Waals surface area contributed by atoms with Crippen LogP contribution >= 0.6 is 11.3 Å². The standard InChI is InChI=1S/C17H23FN2S/c1-11(2)19-10-15(14-6-5-7-16(18)8-14)9-17-20-12(3)13(4)21-17/h5-8,11,15,19H,9-10H2,1-4H3. The summed E-state index contributed by atoms with van der Waals surface area (Å²) in [6.07, 6.45) is 0.850. The molecule has 0 fully saturated rings. The summed E-state index contributed by atoms with van der Waals surface area (Å²) in [5.41, 5.74) is 2.14. The summed E-state index contributed by atoms with van der Waals surface area (Å²) in [4.78, 5) is 5.89. The fourth-order valence-electron chi connectivity index (χ4n) is 2.28. The molecule has 0 bridgehead atoms. The minimum Gasteiger partial charge on any atom is -0.314 e. The van der Waals surface area contributed by atoms with Crippen LogP contribution in [0, 0.1) is 19.7 Å². The first kappa shape index (κ1) is 16.1. The van der Waals surface area contributed by atoms with Gasteiger partial charge in [-0.05, 0) is 31.5 Å². The van der Waals surface area contributed by atoms with Crippen molar-refractivity contribution in [3.8, 4) is 0 Å². The lowest BCUT2D eigenvalue weighted by Crippen LogP contribution is -2.29. The van der Waals surface area contributed by atoms with Crippen molar-refractivity contribution >= 4 is 11.3 Å². The van der Waals surface area contributed by atoms with Gasteiger partial charge in [0.1, 0.15) is 5.82 Å². The predicted molar refractivity (Wildman–Crippen MR) is 87.6 cm³/mol. The molecule has 0 radical (unpaired) electrons. The molecule has 1 heterocycles. The van der Waals surface area contributed by atoms with E-state index >= 15 is 0 Å². The number of aryl methyl sites for hydroxylation is 2. The number of hydrogen-bond donors (Lipinski definition) is 1. The summed E-state index contributed by atoms with van der Waals surface area (Å²) in [5.74, 6) is 0.0709. The molecule has 4 heteroatoms. The Morgan fingerprint density at radius 1 is 1.29 bits per heavy atom. The normalized spacial score (nSPS) is 12.9. The highest BCUT2D eigenvalue weighted by molar-refractivity contribution is 7.11. The zero-order valence-electron chi connectivity index (χ0n) is 13.1. The van der Waals surface area contributed by atoms with Crippen LogP contribution in [0.2, 0.25) is 0 Å². The van der Waals surface area contributed by atoms with Crippen LogP contribution in [-0.2, 0) is 6.42 Å². The Morgan fingerprint density at radius 3 is 2.62 bits per heavy atom. The molecule has 0 aliphatic carbocycles. The Hall–Kier alpha value is -1.26. The van der Waals surface area contributed by atoms with E-state index in [9.17, 15) is 4.39 Å². The number of nitrogens with zero attached hydrogens (tertiary/aromatic N) is 1. The maximum absolute atomic E-state index is 13.5. The van der Waals surface area contributed by atoms with Crippen molar-refractivity contribution in [2.75, 3.05) is 6.54 Å². The maximum Gasteiger partial charge on any atom is 0.123 e. The summed E-state index contributed by atoms with van der Waals surface area (Å²) in [7, 11) is 0. The molecule has 2 rings (SSSR count). The Bertz CT molecular complexity index is 573. The summed E-state index contributed by atoms with van der Waals surface area (Å²) >= 11 is 1.74. The van der Waals surface area contributed by atoms with Crippen LogP contribution in [0.1, 0.15) is 40.9 Å². The van der Waals surface area contributed by atoms with Gasteiger partial charge in [-0.1, -0.05) is 26.0 Å². The van der Waals surface area contributed by atoms with Crippen LogP contribution in [0.4, 0.5) is 4.39 Å². The van der Waals surface area contributed by atoms with Crippen molar-refractivity contribution in [3.63, 3.8) is 0 Å². The highest BCUT2D eigenvalue weighted by Gasteiger charge is 2.16. The quantitative estimate of drug-likeness (QED) is 0.864. The summed E-state index contributed by atoms with van der Waals surface area (Å²) in [6.45, 7) is 9.22. The number of nitrogens with one attached hydrogen (secondary N) is 1. The largest absolute Gasteiger partial charge is 0.314 e. The molecule has 1 aromatic carbocycles. The van der Waals surface area contributed by atoms with Crippen molar-refractivity contribution in [2.45, 2.75) is 46.1 Å². The number of benzene rings is 1. The molecule has 0 amide bonds. The van der Waals surface area contributed by atoms with Gasteiger partial charge >= 0.3 is 0 Å². The van der Waals surface area contributed by atoms with Crippen molar-refractivity contribution in [2.24, 2.45) is 0 Å². The van der Waals surface area contributed by atoms with Crippen LogP contribution < -0.4 is 5.32 Å². The second-order valence-electron chi connectivity index (χ2n) is 5.77. The molecule has 0 saturated carbocycles. The van der Waals surface area contributed by atoms with E-state index in [4.69, 9.17) is 0 Å². The highest BCUT2D eigenvalue weighted by atomic mass is 32.1. The molecule has 0 saturated heterocycles. The first-order valence-electron chi connectivity index (χ1n) is 7.37. The van der Waals surface area contributed by atoms with Crippen molar-refractivity contribution in [1.82, 2.24) is 10.3 Å². The van der Waals surface area contributed by atoms with Gasteiger partial charge in [0.2, 0.25) is 0 Å². The second-order valence-corrected chi connectivity index (χ2v) is 7.06. The van der Waals surface area contributed by atoms with Gasteiger partial charge in [0.15, 0.2) is 0 Å². The fraction of sp³-hybridized carbons (Fsp3) is 0.471. The van der Waals surface area contributed by atoms with Crippen molar-refractivity contribution in [3.05, 3.63) is 51.2 Å². The molecule has 1 N–H and O–H groups in total. The molecule has 2 nitrogen and oxygen atoms in total. The smallest absolute Gasteiger partial charge is 0.123 e. The van der Waals surface area contributed by atoms with E-state index in [1.54, 1.807) is 23.5 Å². The van der Waals surface area contributed by atoms with E-state index in [2.05, 4.69) is 31.1 Å². The number of hydrogen-bond acceptors (Lipinski definition) is 3. The zero-order valence-corrected chi connectivity index (χ0v) is 13.9. The molecular formula is C17H23FN2S. The Morgan fingerprint density at radius 2 is 2.05 bits per heavy atom. The van der Waals surface area contributed by atoms with Gasteiger partial charge in [0.05, 0.1) is 10.7 Å². The van der Waals surface area contributed by atoms with Gasteiger partial charge in [0.25, 0.3) is 0 Å². The molecule has 0 aliphatic heterocycles. The maximum atomic E-state index is 13.5. The van der Waals surface area contributed by atoms with Gasteiger partial charge in [-0.3, -0.25) is 0 Å². The third kappa shape index (κ3) is 4.61. The molecule has 0 spiro atoms. The minimum absolute atomic E-state index is 0.173. The number of thiazole rings is 1. The van der Waals surface area contributed by atoms with E-state index in [1.807, 2.05) is 13.0 Å². The fourth-order valence-corrected chi connectivity index (χ4v) is 3.30. The van der Waals surface area contributed by atoms with Crippen molar-refractivity contribution in [1.29, 1.82) is 0 Å². The average molecular weight is 306 g/mol. The summed E-state index contributed by atoms with van der Waals surface area (Å²) < 4.78 is 13.5. The molecule has 21 heavy (non-hydrogen) atoms. The predicted octanol–water partition coefficient (Wildman–Crippen LogP) is 4.22. The first-order valence-corrected chi connectivity index (χ1v) is 8.19. The number of rotatable bonds is 6. The highest BCUT2D eigenvalue weighted by Crippen LogP contribution is 2.25. The lowest BCUT2D eigenvalue weighted by molar-refractivity contribution is 0.523. The topological polar surface area (TPSA) is 24.9 Å².